The average Bonchev–Trinajstić information content (AvgIpc) is 2.17. The van der Waals surface area contributed by atoms with E-state index < -0.39 is 5.97 Å². The molecule has 3 heteroatoms. The van der Waals surface area contributed by atoms with E-state index in [1.54, 1.807) is 31.2 Å². The van der Waals surface area contributed by atoms with E-state index in [-0.39, 0.29) is 0 Å². The molecule has 14 heavy (non-hydrogen) atoms. The van der Waals surface area contributed by atoms with E-state index in [2.05, 4.69) is 16.6 Å². The second-order valence-electron chi connectivity index (χ2n) is 2.45. The van der Waals surface area contributed by atoms with Crippen LogP contribution in [0.5, 0.6) is 0 Å². The molecule has 0 bridgehead atoms. The minimum atomic E-state index is -0.535. The number of benzene rings is 1. The first-order valence-electron chi connectivity index (χ1n) is 4.17. The smallest absolute Gasteiger partial charge is 0.384 e. The first-order chi connectivity index (χ1) is 6.74. The minimum Gasteiger partial charge on any atom is -0.456 e. The van der Waals surface area contributed by atoms with Gasteiger partial charge in [0.1, 0.15) is 0 Å². The van der Waals surface area contributed by atoms with Gasteiger partial charge in [-0.1, -0.05) is 29.7 Å². The van der Waals surface area contributed by atoms with Gasteiger partial charge >= 0.3 is 5.97 Å². The van der Waals surface area contributed by atoms with E-state index in [1.165, 1.54) is 0 Å². The van der Waals surface area contributed by atoms with Gasteiger partial charge in [-0.25, -0.2) is 4.79 Å². The maximum atomic E-state index is 10.9. The molecule has 1 aromatic carbocycles. The summed E-state index contributed by atoms with van der Waals surface area (Å²) >= 11 is 5.83. The van der Waals surface area contributed by atoms with Crippen molar-refractivity contribution in [1.82, 2.24) is 0 Å². The summed E-state index contributed by atoms with van der Waals surface area (Å²) in [6.45, 7) is 2.06. The SMILES string of the molecule is CCOC(=O)C#Cc1ccccc1Cl. The molecule has 0 radical (unpaired) electrons. The van der Waals surface area contributed by atoms with E-state index in [1.807, 2.05) is 0 Å². The maximum Gasteiger partial charge on any atom is 0.384 e. The van der Waals surface area contributed by atoms with Gasteiger partial charge in [0, 0.05) is 11.5 Å². The zero-order valence-corrected chi connectivity index (χ0v) is 8.47. The average molecular weight is 209 g/mol. The Balaban J connectivity index is 2.77. The number of ether oxygens (including phenoxy) is 1. The lowest BCUT2D eigenvalue weighted by atomic mass is 10.2. The number of rotatable bonds is 1. The molecule has 0 aliphatic rings. The lowest BCUT2D eigenvalue weighted by molar-refractivity contribution is -0.136. The van der Waals surface area contributed by atoms with Gasteiger partial charge in [-0.05, 0) is 19.1 Å². The Morgan fingerprint density at radius 1 is 1.50 bits per heavy atom. The van der Waals surface area contributed by atoms with Crippen molar-refractivity contribution < 1.29 is 9.53 Å². The van der Waals surface area contributed by atoms with Gasteiger partial charge in [0.05, 0.1) is 11.6 Å². The second kappa shape index (κ2) is 5.31. The molecule has 0 saturated carbocycles. The summed E-state index contributed by atoms with van der Waals surface area (Å²) in [4.78, 5) is 10.9. The molecule has 0 atom stereocenters. The third-order valence-electron chi connectivity index (χ3n) is 1.45. The van der Waals surface area contributed by atoms with Crippen molar-refractivity contribution in [2.24, 2.45) is 0 Å². The number of carbonyl (C=O) groups excluding carboxylic acids is 1. The fourth-order valence-electron chi connectivity index (χ4n) is 0.848. The number of carbonyl (C=O) groups is 1. The van der Waals surface area contributed by atoms with Crippen LogP contribution >= 0.6 is 11.6 Å². The van der Waals surface area contributed by atoms with Gasteiger partial charge < -0.3 is 4.74 Å². The van der Waals surface area contributed by atoms with Crippen molar-refractivity contribution in [3.05, 3.63) is 34.9 Å². The van der Waals surface area contributed by atoms with Gasteiger partial charge in [-0.2, -0.15) is 0 Å². The van der Waals surface area contributed by atoms with Crippen molar-refractivity contribution in [2.75, 3.05) is 6.61 Å². The predicted molar refractivity (Wildman–Crippen MR) is 55.0 cm³/mol. The molecule has 0 spiro atoms. The summed E-state index contributed by atoms with van der Waals surface area (Å²) in [5.74, 6) is 4.45. The molecule has 1 rings (SSSR count). The van der Waals surface area contributed by atoms with Gasteiger partial charge in [-0.3, -0.25) is 0 Å². The fourth-order valence-corrected chi connectivity index (χ4v) is 1.03. The Morgan fingerprint density at radius 3 is 2.86 bits per heavy atom. The van der Waals surface area contributed by atoms with Crippen molar-refractivity contribution in [1.29, 1.82) is 0 Å². The highest BCUT2D eigenvalue weighted by Gasteiger charge is 1.95. The van der Waals surface area contributed by atoms with Crippen LogP contribution in [0, 0.1) is 11.8 Å². The van der Waals surface area contributed by atoms with Crippen LogP contribution in [-0.4, -0.2) is 12.6 Å². The summed E-state index contributed by atoms with van der Waals surface area (Å²) in [6, 6.07) is 7.07. The summed E-state index contributed by atoms with van der Waals surface area (Å²) < 4.78 is 4.65. The Morgan fingerprint density at radius 2 is 2.21 bits per heavy atom. The molecule has 0 fully saturated rings. The van der Waals surface area contributed by atoms with E-state index >= 15 is 0 Å². The molecule has 0 heterocycles. The highest BCUT2D eigenvalue weighted by atomic mass is 35.5. The van der Waals surface area contributed by atoms with E-state index in [0.717, 1.165) is 0 Å². The normalized spacial score (nSPS) is 8.71. The third kappa shape index (κ3) is 3.12. The molecule has 0 saturated heterocycles. The van der Waals surface area contributed by atoms with E-state index in [9.17, 15) is 4.79 Å². The van der Waals surface area contributed by atoms with Crippen LogP contribution in [0.4, 0.5) is 0 Å². The van der Waals surface area contributed by atoms with E-state index in [4.69, 9.17) is 11.6 Å². The van der Waals surface area contributed by atoms with Crippen LogP contribution in [-0.2, 0) is 9.53 Å². The molecule has 0 amide bonds. The lowest BCUT2D eigenvalue weighted by Gasteiger charge is -1.93. The summed E-state index contributed by atoms with van der Waals surface area (Å²) in [6.07, 6.45) is 0. The van der Waals surface area contributed by atoms with Crippen molar-refractivity contribution in [2.45, 2.75) is 6.92 Å². The largest absolute Gasteiger partial charge is 0.456 e. The van der Waals surface area contributed by atoms with Crippen LogP contribution in [0.1, 0.15) is 12.5 Å². The van der Waals surface area contributed by atoms with Crippen LogP contribution in [0.15, 0.2) is 24.3 Å². The summed E-state index contributed by atoms with van der Waals surface area (Å²) in [5, 5.41) is 0.532. The zero-order chi connectivity index (χ0) is 10.4. The van der Waals surface area contributed by atoms with Gasteiger partial charge in [0.25, 0.3) is 0 Å². The zero-order valence-electron chi connectivity index (χ0n) is 7.71. The number of hydrogen-bond donors (Lipinski definition) is 0. The maximum absolute atomic E-state index is 10.9. The first kappa shape index (κ1) is 10.6. The lowest BCUT2D eigenvalue weighted by Crippen LogP contribution is -1.99. The van der Waals surface area contributed by atoms with Gasteiger partial charge in [0.15, 0.2) is 0 Å². The highest BCUT2D eigenvalue weighted by Crippen LogP contribution is 2.12. The predicted octanol–water partition coefficient (Wildman–Crippen LogP) is 2.25. The quantitative estimate of drug-likeness (QED) is 0.523. The molecule has 0 aliphatic carbocycles. The molecule has 2 nitrogen and oxygen atoms in total. The van der Waals surface area contributed by atoms with Gasteiger partial charge in [0.2, 0.25) is 0 Å². The van der Waals surface area contributed by atoms with Crippen LogP contribution in [0.3, 0.4) is 0 Å². The Labute approximate surface area is 87.8 Å². The Kier molecular flexibility index (Phi) is 4.03. The van der Waals surface area contributed by atoms with Crippen LogP contribution in [0.2, 0.25) is 5.02 Å². The third-order valence-corrected chi connectivity index (χ3v) is 1.78. The second-order valence-corrected chi connectivity index (χ2v) is 2.86. The van der Waals surface area contributed by atoms with Crippen LogP contribution < -0.4 is 0 Å². The standard InChI is InChI=1S/C11H9ClO2/c1-2-14-11(13)8-7-9-5-3-4-6-10(9)12/h3-6H,2H2,1H3. The fraction of sp³-hybridized carbons (Fsp3) is 0.182. The number of esters is 1. The topological polar surface area (TPSA) is 26.3 Å². The molecule has 72 valence electrons. The number of hydrogen-bond acceptors (Lipinski definition) is 2. The van der Waals surface area contributed by atoms with Crippen molar-refractivity contribution in [3.8, 4) is 11.8 Å². The number of halogens is 1. The van der Waals surface area contributed by atoms with Crippen molar-refractivity contribution >= 4 is 17.6 Å². The molecular weight excluding hydrogens is 200 g/mol. The monoisotopic (exact) mass is 208 g/mol. The van der Waals surface area contributed by atoms with Crippen molar-refractivity contribution in [3.63, 3.8) is 0 Å². The Hall–Kier alpha value is -1.46. The first-order valence-corrected chi connectivity index (χ1v) is 4.55. The van der Waals surface area contributed by atoms with E-state index in [0.29, 0.717) is 17.2 Å². The summed E-state index contributed by atoms with van der Waals surface area (Å²) in [7, 11) is 0. The molecule has 0 unspecified atom stereocenters. The minimum absolute atomic E-state index is 0.329. The molecule has 1 aromatic rings. The molecular formula is C11H9ClO2. The molecule has 0 N–H and O–H groups in total. The van der Waals surface area contributed by atoms with Gasteiger partial charge in [-0.15, -0.1) is 0 Å². The Bertz CT molecular complexity index is 388. The molecule has 0 aliphatic heterocycles. The molecule has 0 aromatic heterocycles. The summed E-state index contributed by atoms with van der Waals surface area (Å²) in [5.41, 5.74) is 0.627. The van der Waals surface area contributed by atoms with Crippen LogP contribution in [0.25, 0.3) is 0 Å². The highest BCUT2D eigenvalue weighted by molar-refractivity contribution is 6.31.